The quantitative estimate of drug-likeness (QED) is 0.881. The zero-order chi connectivity index (χ0) is 16.7. The van der Waals surface area contributed by atoms with Gasteiger partial charge in [-0.1, -0.05) is 25.4 Å². The van der Waals surface area contributed by atoms with E-state index in [0.717, 1.165) is 0 Å². The van der Waals surface area contributed by atoms with E-state index in [1.807, 2.05) is 20.8 Å². The minimum absolute atomic E-state index is 0.0465. The zero-order valence-corrected chi connectivity index (χ0v) is 14.8. The average molecular weight is 348 g/mol. The smallest absolute Gasteiger partial charge is 0.246 e. The van der Waals surface area contributed by atoms with Crippen LogP contribution in [0.3, 0.4) is 0 Å². The Morgan fingerprint density at radius 3 is 2.73 bits per heavy atom. The number of nitrogens with two attached hydrogens (primary N) is 1. The first-order valence-electron chi connectivity index (χ1n) is 7.13. The maximum atomic E-state index is 12.8. The molecule has 0 aliphatic heterocycles. The number of halogens is 1. The van der Waals surface area contributed by atoms with Gasteiger partial charge in [0.15, 0.2) is 0 Å². The number of anilines is 1. The Bertz CT molecular complexity index is 663. The molecule has 8 heteroatoms. The molecule has 0 spiro atoms. The highest BCUT2D eigenvalue weighted by Crippen LogP contribution is 2.47. The van der Waals surface area contributed by atoms with E-state index in [-0.39, 0.29) is 33.3 Å². The summed E-state index contributed by atoms with van der Waals surface area (Å²) in [7, 11) is -2.20. The first-order chi connectivity index (χ1) is 10.1. The summed E-state index contributed by atoms with van der Waals surface area (Å²) in [6.45, 7) is 6.56. The van der Waals surface area contributed by atoms with E-state index < -0.39 is 10.0 Å². The minimum Gasteiger partial charge on any atom is -0.383 e. The summed E-state index contributed by atoms with van der Waals surface area (Å²) in [5, 5.41) is 0.237. The highest BCUT2D eigenvalue weighted by molar-refractivity contribution is 7.89. The lowest BCUT2D eigenvalue weighted by molar-refractivity contribution is -0.129. The number of pyridine rings is 1. The highest BCUT2D eigenvalue weighted by atomic mass is 35.5. The third-order valence-corrected chi connectivity index (χ3v) is 6.54. The molecule has 1 fully saturated rings. The Hall–Kier alpha value is -0.890. The minimum atomic E-state index is -3.76. The molecule has 6 nitrogen and oxygen atoms in total. The number of nitrogens with zero attached hydrogens (tertiary/aromatic N) is 2. The molecule has 2 unspecified atom stereocenters. The molecule has 0 saturated heterocycles. The number of rotatable bonds is 5. The van der Waals surface area contributed by atoms with Crippen molar-refractivity contribution in [3.05, 3.63) is 17.3 Å². The average Bonchev–Trinajstić information content (AvgIpc) is 2.44. The predicted octanol–water partition coefficient (Wildman–Crippen LogP) is 2.14. The van der Waals surface area contributed by atoms with Crippen molar-refractivity contribution in [3.63, 3.8) is 0 Å². The molecule has 2 atom stereocenters. The molecule has 0 radical (unpaired) electrons. The van der Waals surface area contributed by atoms with Crippen LogP contribution in [0.1, 0.15) is 27.2 Å². The van der Waals surface area contributed by atoms with E-state index in [9.17, 15) is 8.42 Å². The second-order valence-corrected chi connectivity index (χ2v) is 8.48. The van der Waals surface area contributed by atoms with Crippen molar-refractivity contribution in [2.45, 2.75) is 44.2 Å². The Morgan fingerprint density at radius 1 is 1.55 bits per heavy atom. The molecule has 1 heterocycles. The van der Waals surface area contributed by atoms with Gasteiger partial charge in [0, 0.05) is 31.3 Å². The van der Waals surface area contributed by atoms with E-state index in [1.54, 1.807) is 7.05 Å². The largest absolute Gasteiger partial charge is 0.383 e. The molecular formula is C14H22ClN3O3S. The Kier molecular flexibility index (Phi) is 4.73. The van der Waals surface area contributed by atoms with Gasteiger partial charge < -0.3 is 10.5 Å². The number of sulfonamides is 1. The Balaban J connectivity index is 2.29. The molecule has 1 aromatic heterocycles. The molecule has 0 aromatic carbocycles. The lowest BCUT2D eigenvalue weighted by atomic mass is 9.64. The standard InChI is InChI=1S/C14H22ClN3O3S/c1-5-21-12-7-11(14(12,2)3)18(4)22(19,20)10-6-9(15)8-17-13(10)16/h6,8,11-12H,5,7H2,1-4H3,(H2,16,17). The van der Waals surface area contributed by atoms with Crippen LogP contribution in [0, 0.1) is 5.41 Å². The van der Waals surface area contributed by atoms with E-state index >= 15 is 0 Å². The maximum absolute atomic E-state index is 12.8. The zero-order valence-electron chi connectivity index (χ0n) is 13.2. The van der Waals surface area contributed by atoms with Gasteiger partial charge in [0.1, 0.15) is 10.7 Å². The number of aromatic nitrogens is 1. The van der Waals surface area contributed by atoms with Crippen LogP contribution in [0.4, 0.5) is 5.82 Å². The van der Waals surface area contributed by atoms with Gasteiger partial charge in [-0.05, 0) is 19.4 Å². The molecular weight excluding hydrogens is 326 g/mol. The van der Waals surface area contributed by atoms with Gasteiger partial charge in [0.25, 0.3) is 0 Å². The van der Waals surface area contributed by atoms with Crippen molar-refractivity contribution < 1.29 is 13.2 Å². The molecule has 2 N–H and O–H groups in total. The fraction of sp³-hybridized carbons (Fsp3) is 0.643. The Morgan fingerprint density at radius 2 is 2.18 bits per heavy atom. The highest BCUT2D eigenvalue weighted by Gasteiger charge is 2.53. The van der Waals surface area contributed by atoms with Gasteiger partial charge in [0.05, 0.1) is 11.1 Å². The molecule has 0 bridgehead atoms. The topological polar surface area (TPSA) is 85.5 Å². The molecule has 2 rings (SSSR count). The van der Waals surface area contributed by atoms with Crippen LogP contribution in [0.2, 0.25) is 5.02 Å². The van der Waals surface area contributed by atoms with E-state index in [1.165, 1.54) is 16.6 Å². The summed E-state index contributed by atoms with van der Waals surface area (Å²) >= 11 is 5.85. The third-order valence-electron chi connectivity index (χ3n) is 4.44. The van der Waals surface area contributed by atoms with Gasteiger partial charge in [-0.3, -0.25) is 0 Å². The molecule has 124 valence electrons. The summed E-state index contributed by atoms with van der Waals surface area (Å²) < 4.78 is 32.6. The third kappa shape index (κ3) is 2.82. The molecule has 1 aliphatic carbocycles. The van der Waals surface area contributed by atoms with Crippen molar-refractivity contribution in [3.8, 4) is 0 Å². The van der Waals surface area contributed by atoms with E-state index in [4.69, 9.17) is 22.1 Å². The number of hydrogen-bond donors (Lipinski definition) is 1. The Labute approximate surface area is 136 Å². The van der Waals surface area contributed by atoms with Crippen LogP contribution in [-0.4, -0.2) is 43.5 Å². The lowest BCUT2D eigenvalue weighted by Gasteiger charge is -2.54. The van der Waals surface area contributed by atoms with Crippen LogP contribution < -0.4 is 5.73 Å². The second kappa shape index (κ2) is 5.96. The summed E-state index contributed by atoms with van der Waals surface area (Å²) in [5.74, 6) is -0.0465. The predicted molar refractivity (Wildman–Crippen MR) is 86.2 cm³/mol. The summed E-state index contributed by atoms with van der Waals surface area (Å²) in [6.07, 6.45) is 2.04. The van der Waals surface area contributed by atoms with Crippen LogP contribution in [-0.2, 0) is 14.8 Å². The summed E-state index contributed by atoms with van der Waals surface area (Å²) in [5.41, 5.74) is 5.45. The first kappa shape index (κ1) is 17.5. The second-order valence-electron chi connectivity index (χ2n) is 6.08. The van der Waals surface area contributed by atoms with E-state index in [0.29, 0.717) is 13.0 Å². The maximum Gasteiger partial charge on any atom is 0.246 e. The van der Waals surface area contributed by atoms with Crippen LogP contribution in [0.25, 0.3) is 0 Å². The van der Waals surface area contributed by atoms with Crippen molar-refractivity contribution in [1.82, 2.24) is 9.29 Å². The summed E-state index contributed by atoms with van der Waals surface area (Å²) in [4.78, 5) is 3.77. The summed E-state index contributed by atoms with van der Waals surface area (Å²) in [6, 6.07) is 1.17. The van der Waals surface area contributed by atoms with Crippen molar-refractivity contribution >= 4 is 27.4 Å². The van der Waals surface area contributed by atoms with Gasteiger partial charge >= 0.3 is 0 Å². The van der Waals surface area contributed by atoms with Crippen molar-refractivity contribution in [2.24, 2.45) is 5.41 Å². The van der Waals surface area contributed by atoms with Gasteiger partial charge in [-0.15, -0.1) is 0 Å². The number of hydrogen-bond acceptors (Lipinski definition) is 5. The molecule has 1 aliphatic rings. The van der Waals surface area contributed by atoms with Crippen LogP contribution >= 0.6 is 11.6 Å². The van der Waals surface area contributed by atoms with Gasteiger partial charge in [-0.25, -0.2) is 13.4 Å². The SMILES string of the molecule is CCOC1CC(N(C)S(=O)(=O)c2cc(Cl)cnc2N)C1(C)C. The van der Waals surface area contributed by atoms with Crippen LogP contribution in [0.5, 0.6) is 0 Å². The number of nitrogen functional groups attached to an aromatic ring is 1. The number of ether oxygens (including phenoxy) is 1. The van der Waals surface area contributed by atoms with Crippen molar-refractivity contribution in [1.29, 1.82) is 0 Å². The molecule has 0 amide bonds. The van der Waals surface area contributed by atoms with E-state index in [2.05, 4.69) is 4.98 Å². The normalized spacial score (nSPS) is 24.3. The molecule has 1 saturated carbocycles. The lowest BCUT2D eigenvalue weighted by Crippen LogP contribution is -2.62. The fourth-order valence-corrected chi connectivity index (χ4v) is 4.74. The van der Waals surface area contributed by atoms with Gasteiger partial charge in [0.2, 0.25) is 10.0 Å². The fourth-order valence-electron chi connectivity index (χ4n) is 2.93. The molecule has 1 aromatic rings. The molecule has 22 heavy (non-hydrogen) atoms. The first-order valence-corrected chi connectivity index (χ1v) is 8.94. The monoisotopic (exact) mass is 347 g/mol. The van der Waals surface area contributed by atoms with Crippen molar-refractivity contribution in [2.75, 3.05) is 19.4 Å². The van der Waals surface area contributed by atoms with Crippen LogP contribution in [0.15, 0.2) is 17.2 Å². The van der Waals surface area contributed by atoms with Gasteiger partial charge in [-0.2, -0.15) is 4.31 Å².